The molecule has 0 amide bonds. The highest BCUT2D eigenvalue weighted by molar-refractivity contribution is 5.68. The van der Waals surface area contributed by atoms with Gasteiger partial charge in [0.15, 0.2) is 0 Å². The third kappa shape index (κ3) is 2.50. The maximum absolute atomic E-state index is 10.4. The summed E-state index contributed by atoms with van der Waals surface area (Å²) in [5.74, 6) is -0.769. The number of aliphatic carboxylic acids is 1. The van der Waals surface area contributed by atoms with Gasteiger partial charge in [-0.25, -0.2) is 0 Å². The zero-order chi connectivity index (χ0) is 8.32. The SMILES string of the molecule is CC1(CC(=O)O)CCCCO1. The van der Waals surface area contributed by atoms with E-state index in [0.29, 0.717) is 6.61 Å². The highest BCUT2D eigenvalue weighted by Crippen LogP contribution is 2.27. The number of carboxylic acid groups (broad SMARTS) is 1. The van der Waals surface area contributed by atoms with Crippen molar-refractivity contribution in [2.75, 3.05) is 6.61 Å². The molecule has 1 aliphatic heterocycles. The Labute approximate surface area is 66.4 Å². The highest BCUT2D eigenvalue weighted by atomic mass is 16.5. The number of carboxylic acids is 1. The molecule has 1 aliphatic rings. The Morgan fingerprint density at radius 2 is 2.36 bits per heavy atom. The maximum atomic E-state index is 10.4. The Kier molecular flexibility index (Phi) is 2.49. The summed E-state index contributed by atoms with van der Waals surface area (Å²) in [6, 6.07) is 0. The second-order valence-corrected chi connectivity index (χ2v) is 3.33. The van der Waals surface area contributed by atoms with Crippen molar-refractivity contribution >= 4 is 5.97 Å². The van der Waals surface area contributed by atoms with Crippen molar-refractivity contribution in [1.82, 2.24) is 0 Å². The van der Waals surface area contributed by atoms with Crippen molar-refractivity contribution in [2.24, 2.45) is 0 Å². The first-order chi connectivity index (χ1) is 5.12. The van der Waals surface area contributed by atoms with E-state index in [2.05, 4.69) is 0 Å². The van der Waals surface area contributed by atoms with E-state index >= 15 is 0 Å². The van der Waals surface area contributed by atoms with Gasteiger partial charge in [-0.3, -0.25) is 4.79 Å². The molecule has 1 fully saturated rings. The number of ether oxygens (including phenoxy) is 1. The van der Waals surface area contributed by atoms with Crippen molar-refractivity contribution in [3.8, 4) is 0 Å². The summed E-state index contributed by atoms with van der Waals surface area (Å²) in [6.07, 6.45) is 3.16. The van der Waals surface area contributed by atoms with Crippen LogP contribution in [0.25, 0.3) is 0 Å². The summed E-state index contributed by atoms with van der Waals surface area (Å²) < 4.78 is 5.40. The molecule has 0 aromatic rings. The molecule has 1 saturated heterocycles. The standard InChI is InChI=1S/C8H14O3/c1-8(6-7(9)10)4-2-3-5-11-8/h2-6H2,1H3,(H,9,10). The van der Waals surface area contributed by atoms with E-state index in [1.807, 2.05) is 6.92 Å². The van der Waals surface area contributed by atoms with E-state index in [-0.39, 0.29) is 6.42 Å². The van der Waals surface area contributed by atoms with Crippen molar-refractivity contribution in [2.45, 2.75) is 38.2 Å². The first-order valence-electron chi connectivity index (χ1n) is 3.98. The summed E-state index contributed by atoms with van der Waals surface area (Å²) in [5.41, 5.74) is -0.399. The lowest BCUT2D eigenvalue weighted by Crippen LogP contribution is -2.35. The van der Waals surface area contributed by atoms with E-state index < -0.39 is 11.6 Å². The third-order valence-electron chi connectivity index (χ3n) is 2.08. The molecule has 1 unspecified atom stereocenters. The fraction of sp³-hybridized carbons (Fsp3) is 0.875. The van der Waals surface area contributed by atoms with Crippen LogP contribution in [0.3, 0.4) is 0 Å². The molecule has 0 radical (unpaired) electrons. The van der Waals surface area contributed by atoms with Gasteiger partial charge < -0.3 is 9.84 Å². The van der Waals surface area contributed by atoms with Gasteiger partial charge in [-0.05, 0) is 26.2 Å². The number of rotatable bonds is 2. The molecule has 0 saturated carbocycles. The van der Waals surface area contributed by atoms with Crippen LogP contribution in [0.1, 0.15) is 32.6 Å². The predicted octanol–water partition coefficient (Wildman–Crippen LogP) is 1.42. The topological polar surface area (TPSA) is 46.5 Å². The van der Waals surface area contributed by atoms with Gasteiger partial charge in [-0.1, -0.05) is 0 Å². The monoisotopic (exact) mass is 158 g/mol. The van der Waals surface area contributed by atoms with Crippen LogP contribution >= 0.6 is 0 Å². The molecule has 1 rings (SSSR count). The van der Waals surface area contributed by atoms with Gasteiger partial charge in [0.1, 0.15) is 0 Å². The molecule has 0 spiro atoms. The second-order valence-electron chi connectivity index (χ2n) is 3.33. The quantitative estimate of drug-likeness (QED) is 0.661. The maximum Gasteiger partial charge on any atom is 0.306 e. The minimum atomic E-state index is -0.769. The summed E-state index contributed by atoms with van der Waals surface area (Å²) in [7, 11) is 0. The highest BCUT2D eigenvalue weighted by Gasteiger charge is 2.30. The zero-order valence-electron chi connectivity index (χ0n) is 6.80. The van der Waals surface area contributed by atoms with Gasteiger partial charge in [-0.15, -0.1) is 0 Å². The molecule has 3 nitrogen and oxygen atoms in total. The molecule has 11 heavy (non-hydrogen) atoms. The molecule has 3 heteroatoms. The van der Waals surface area contributed by atoms with Gasteiger partial charge in [0.25, 0.3) is 0 Å². The van der Waals surface area contributed by atoms with Crippen LogP contribution in [0, 0.1) is 0 Å². The van der Waals surface area contributed by atoms with E-state index in [1.54, 1.807) is 0 Å². The first kappa shape index (κ1) is 8.53. The normalized spacial score (nSPS) is 31.7. The number of carbonyl (C=O) groups is 1. The summed E-state index contributed by atoms with van der Waals surface area (Å²) >= 11 is 0. The fourth-order valence-corrected chi connectivity index (χ4v) is 1.45. The predicted molar refractivity (Wildman–Crippen MR) is 40.5 cm³/mol. The van der Waals surface area contributed by atoms with Crippen LogP contribution in [-0.4, -0.2) is 23.3 Å². The molecular formula is C8H14O3. The van der Waals surface area contributed by atoms with Crippen LogP contribution in [0.2, 0.25) is 0 Å². The molecule has 0 aromatic carbocycles. The van der Waals surface area contributed by atoms with Crippen molar-refractivity contribution < 1.29 is 14.6 Å². The van der Waals surface area contributed by atoms with Crippen LogP contribution in [0.5, 0.6) is 0 Å². The summed E-state index contributed by atoms with van der Waals surface area (Å²) in [4.78, 5) is 10.4. The van der Waals surface area contributed by atoms with Crippen LogP contribution in [0.4, 0.5) is 0 Å². The minimum absolute atomic E-state index is 0.132. The van der Waals surface area contributed by atoms with Gasteiger partial charge in [0.2, 0.25) is 0 Å². The molecular weight excluding hydrogens is 144 g/mol. The smallest absolute Gasteiger partial charge is 0.306 e. The second kappa shape index (κ2) is 3.22. The lowest BCUT2D eigenvalue weighted by atomic mass is 9.93. The molecule has 1 N–H and O–H groups in total. The fourth-order valence-electron chi connectivity index (χ4n) is 1.45. The van der Waals surface area contributed by atoms with E-state index in [4.69, 9.17) is 9.84 Å². The van der Waals surface area contributed by atoms with Crippen molar-refractivity contribution in [3.05, 3.63) is 0 Å². The van der Waals surface area contributed by atoms with Gasteiger partial charge in [0.05, 0.1) is 12.0 Å². The van der Waals surface area contributed by atoms with Crippen molar-refractivity contribution in [3.63, 3.8) is 0 Å². The zero-order valence-corrected chi connectivity index (χ0v) is 6.80. The third-order valence-corrected chi connectivity index (χ3v) is 2.08. The molecule has 0 aliphatic carbocycles. The molecule has 0 bridgehead atoms. The largest absolute Gasteiger partial charge is 0.481 e. The van der Waals surface area contributed by atoms with Crippen LogP contribution in [0.15, 0.2) is 0 Å². The Hall–Kier alpha value is -0.570. The van der Waals surface area contributed by atoms with E-state index in [9.17, 15) is 4.79 Å². The molecule has 1 atom stereocenters. The van der Waals surface area contributed by atoms with Gasteiger partial charge in [0, 0.05) is 6.61 Å². The number of hydrogen-bond acceptors (Lipinski definition) is 2. The Morgan fingerprint density at radius 3 is 2.82 bits per heavy atom. The molecule has 0 aromatic heterocycles. The number of hydrogen-bond donors (Lipinski definition) is 1. The summed E-state index contributed by atoms with van der Waals surface area (Å²) in [6.45, 7) is 2.59. The van der Waals surface area contributed by atoms with Gasteiger partial charge >= 0.3 is 5.97 Å². The molecule has 1 heterocycles. The first-order valence-corrected chi connectivity index (χ1v) is 3.98. The van der Waals surface area contributed by atoms with Gasteiger partial charge in [-0.2, -0.15) is 0 Å². The Balaban J connectivity index is 2.43. The minimum Gasteiger partial charge on any atom is -0.481 e. The van der Waals surface area contributed by atoms with Crippen LogP contribution < -0.4 is 0 Å². The van der Waals surface area contributed by atoms with Crippen LogP contribution in [-0.2, 0) is 9.53 Å². The van der Waals surface area contributed by atoms with Crippen molar-refractivity contribution in [1.29, 1.82) is 0 Å². The van der Waals surface area contributed by atoms with E-state index in [0.717, 1.165) is 19.3 Å². The average Bonchev–Trinajstić information content (AvgIpc) is 1.85. The Morgan fingerprint density at radius 1 is 1.64 bits per heavy atom. The molecule has 64 valence electrons. The van der Waals surface area contributed by atoms with E-state index in [1.165, 1.54) is 0 Å². The lowest BCUT2D eigenvalue weighted by Gasteiger charge is -2.32. The average molecular weight is 158 g/mol. The Bertz CT molecular complexity index is 147. The lowest BCUT2D eigenvalue weighted by molar-refractivity contribution is -0.147. The summed E-state index contributed by atoms with van der Waals surface area (Å²) in [5, 5.41) is 8.55.